The number of amides is 1. The zero-order valence-corrected chi connectivity index (χ0v) is 17.4. The van der Waals surface area contributed by atoms with E-state index >= 15 is 0 Å². The Bertz CT molecular complexity index is 1160. The summed E-state index contributed by atoms with van der Waals surface area (Å²) in [5, 5.41) is 0.444. The van der Waals surface area contributed by atoms with Crippen LogP contribution in [0.15, 0.2) is 45.6 Å². The average molecular weight is 409 g/mol. The topological polar surface area (TPSA) is 78.2 Å². The summed E-state index contributed by atoms with van der Waals surface area (Å²) in [6, 6.07) is 9.89. The normalized spacial score (nSPS) is 15.4. The first kappa shape index (κ1) is 19.8. The van der Waals surface area contributed by atoms with Crippen LogP contribution in [0.1, 0.15) is 41.1 Å². The molecule has 1 atom stereocenters. The van der Waals surface area contributed by atoms with E-state index in [1.807, 2.05) is 6.92 Å². The minimum absolute atomic E-state index is 0.0888. The molecule has 0 aliphatic carbocycles. The van der Waals surface area contributed by atoms with Crippen LogP contribution in [0.3, 0.4) is 0 Å². The van der Waals surface area contributed by atoms with Crippen LogP contribution in [0.2, 0.25) is 0 Å². The smallest absolute Gasteiger partial charge is 0.290 e. The third-order valence-electron chi connectivity index (χ3n) is 5.34. The summed E-state index contributed by atoms with van der Waals surface area (Å²) in [6.07, 6.45) is 0.731. The Balaban J connectivity index is 2.01. The van der Waals surface area contributed by atoms with Crippen molar-refractivity contribution in [3.8, 4) is 17.2 Å². The van der Waals surface area contributed by atoms with Crippen molar-refractivity contribution >= 4 is 16.9 Å². The first-order valence-electron chi connectivity index (χ1n) is 9.72. The number of para-hydroxylation sites is 1. The van der Waals surface area contributed by atoms with Crippen LogP contribution < -0.4 is 19.6 Å². The molecule has 0 N–H and O–H groups in total. The summed E-state index contributed by atoms with van der Waals surface area (Å²) in [6.45, 7) is 2.45. The maximum absolute atomic E-state index is 13.4. The van der Waals surface area contributed by atoms with Crippen molar-refractivity contribution < 1.29 is 23.4 Å². The lowest BCUT2D eigenvalue weighted by Gasteiger charge is -2.26. The second-order valence-corrected chi connectivity index (χ2v) is 7.03. The fraction of sp³-hybridized carbons (Fsp3) is 0.304. The standard InChI is InChI=1S/C23H23NO6/c1-5-10-24-19(13-11-16(27-2)21(29-4)17(12-13)28-3)18-20(25)14-8-6-7-9-15(14)30-22(18)23(24)26/h6-9,11-12,19H,5,10H2,1-4H3/t19-/m0/s1. The number of fused-ring (bicyclic) bond motifs is 2. The Hall–Kier alpha value is -3.48. The quantitative estimate of drug-likeness (QED) is 0.617. The van der Waals surface area contributed by atoms with Gasteiger partial charge in [0.15, 0.2) is 16.9 Å². The molecule has 0 unspecified atom stereocenters. The third kappa shape index (κ3) is 2.89. The van der Waals surface area contributed by atoms with E-state index in [1.54, 1.807) is 41.3 Å². The van der Waals surface area contributed by atoms with Crippen LogP contribution >= 0.6 is 0 Å². The van der Waals surface area contributed by atoms with Gasteiger partial charge in [-0.2, -0.15) is 0 Å². The molecule has 7 heteroatoms. The predicted molar refractivity (Wildman–Crippen MR) is 112 cm³/mol. The number of hydrogen-bond acceptors (Lipinski definition) is 6. The zero-order valence-electron chi connectivity index (χ0n) is 17.4. The molecule has 30 heavy (non-hydrogen) atoms. The van der Waals surface area contributed by atoms with Gasteiger partial charge in [0.05, 0.1) is 38.3 Å². The molecule has 1 aliphatic heterocycles. The van der Waals surface area contributed by atoms with E-state index < -0.39 is 6.04 Å². The number of hydrogen-bond donors (Lipinski definition) is 0. The van der Waals surface area contributed by atoms with Gasteiger partial charge in [-0.1, -0.05) is 19.1 Å². The molecule has 0 saturated carbocycles. The molecular weight excluding hydrogens is 386 g/mol. The summed E-state index contributed by atoms with van der Waals surface area (Å²) < 4.78 is 22.3. The first-order valence-corrected chi connectivity index (χ1v) is 9.72. The van der Waals surface area contributed by atoms with Gasteiger partial charge in [-0.15, -0.1) is 0 Å². The van der Waals surface area contributed by atoms with Gasteiger partial charge in [-0.3, -0.25) is 9.59 Å². The lowest BCUT2D eigenvalue weighted by molar-refractivity contribution is 0.0727. The molecule has 3 aromatic rings. The highest BCUT2D eigenvalue weighted by molar-refractivity contribution is 5.99. The number of nitrogens with zero attached hydrogens (tertiary/aromatic N) is 1. The fourth-order valence-electron chi connectivity index (χ4n) is 4.04. The van der Waals surface area contributed by atoms with Gasteiger partial charge in [0.1, 0.15) is 5.58 Å². The Morgan fingerprint density at radius 1 is 1.00 bits per heavy atom. The van der Waals surface area contributed by atoms with E-state index in [4.69, 9.17) is 18.6 Å². The Morgan fingerprint density at radius 2 is 1.67 bits per heavy atom. The maximum atomic E-state index is 13.4. The van der Waals surface area contributed by atoms with E-state index in [2.05, 4.69) is 0 Å². The van der Waals surface area contributed by atoms with E-state index in [9.17, 15) is 9.59 Å². The van der Waals surface area contributed by atoms with E-state index in [1.165, 1.54) is 21.3 Å². The summed E-state index contributed by atoms with van der Waals surface area (Å²) >= 11 is 0. The fourth-order valence-corrected chi connectivity index (χ4v) is 4.04. The van der Waals surface area contributed by atoms with Crippen molar-refractivity contribution in [3.05, 3.63) is 63.5 Å². The van der Waals surface area contributed by atoms with Crippen molar-refractivity contribution in [1.82, 2.24) is 4.90 Å². The van der Waals surface area contributed by atoms with Gasteiger partial charge in [-0.05, 0) is 36.2 Å². The van der Waals surface area contributed by atoms with Crippen LogP contribution in [0, 0.1) is 0 Å². The molecule has 0 spiro atoms. The summed E-state index contributed by atoms with van der Waals surface area (Å²) in [7, 11) is 4.58. The lowest BCUT2D eigenvalue weighted by Crippen LogP contribution is -2.30. The number of carbonyl (C=O) groups is 1. The Labute approximate surface area is 173 Å². The first-order chi connectivity index (χ1) is 14.5. The van der Waals surface area contributed by atoms with Crippen LogP contribution in [0.25, 0.3) is 11.0 Å². The van der Waals surface area contributed by atoms with Gasteiger partial charge in [0.25, 0.3) is 5.91 Å². The molecule has 0 bridgehead atoms. The monoisotopic (exact) mass is 409 g/mol. The van der Waals surface area contributed by atoms with Crippen molar-refractivity contribution in [2.45, 2.75) is 19.4 Å². The molecule has 2 heterocycles. The van der Waals surface area contributed by atoms with Crippen molar-refractivity contribution in [1.29, 1.82) is 0 Å². The molecule has 156 valence electrons. The van der Waals surface area contributed by atoms with Gasteiger partial charge in [0, 0.05) is 6.54 Å². The number of benzene rings is 2. The second-order valence-electron chi connectivity index (χ2n) is 7.03. The average Bonchev–Trinajstić information content (AvgIpc) is 3.05. The molecule has 0 fully saturated rings. The molecule has 1 aromatic heterocycles. The highest BCUT2D eigenvalue weighted by Crippen LogP contribution is 2.44. The minimum atomic E-state index is -0.609. The van der Waals surface area contributed by atoms with E-state index in [0.29, 0.717) is 45.9 Å². The van der Waals surface area contributed by atoms with Crippen molar-refractivity contribution in [3.63, 3.8) is 0 Å². The number of carbonyl (C=O) groups excluding carboxylic acids is 1. The van der Waals surface area contributed by atoms with Crippen LogP contribution in [-0.4, -0.2) is 38.7 Å². The summed E-state index contributed by atoms with van der Waals surface area (Å²) in [4.78, 5) is 28.3. The molecule has 7 nitrogen and oxygen atoms in total. The van der Waals surface area contributed by atoms with Gasteiger partial charge < -0.3 is 23.5 Å². The lowest BCUT2D eigenvalue weighted by atomic mass is 9.97. The van der Waals surface area contributed by atoms with E-state index in [0.717, 1.165) is 6.42 Å². The highest BCUT2D eigenvalue weighted by atomic mass is 16.5. The number of ether oxygens (including phenoxy) is 3. The highest BCUT2D eigenvalue weighted by Gasteiger charge is 2.42. The molecule has 1 aliphatic rings. The van der Waals surface area contributed by atoms with Crippen molar-refractivity contribution in [2.75, 3.05) is 27.9 Å². The van der Waals surface area contributed by atoms with Crippen LogP contribution in [-0.2, 0) is 0 Å². The molecule has 2 aromatic carbocycles. The van der Waals surface area contributed by atoms with Gasteiger partial charge in [0.2, 0.25) is 11.5 Å². The van der Waals surface area contributed by atoms with Gasteiger partial charge >= 0.3 is 0 Å². The third-order valence-corrected chi connectivity index (χ3v) is 5.34. The largest absolute Gasteiger partial charge is 0.493 e. The van der Waals surface area contributed by atoms with Crippen molar-refractivity contribution in [2.24, 2.45) is 0 Å². The van der Waals surface area contributed by atoms with Crippen LogP contribution in [0.4, 0.5) is 0 Å². The number of methoxy groups -OCH3 is 3. The second kappa shape index (κ2) is 7.74. The van der Waals surface area contributed by atoms with Crippen LogP contribution in [0.5, 0.6) is 17.2 Å². The minimum Gasteiger partial charge on any atom is -0.493 e. The number of rotatable bonds is 6. The Morgan fingerprint density at radius 3 is 2.27 bits per heavy atom. The summed E-state index contributed by atoms with van der Waals surface area (Å²) in [5.41, 5.74) is 1.21. The Kier molecular flexibility index (Phi) is 5.11. The maximum Gasteiger partial charge on any atom is 0.290 e. The SMILES string of the molecule is CCCN1C(=O)c2oc3ccccc3c(=O)c2[C@@H]1c1cc(OC)c(OC)c(OC)c1. The molecule has 1 amide bonds. The molecule has 4 rings (SSSR count). The summed E-state index contributed by atoms with van der Waals surface area (Å²) in [5.74, 6) is 1.14. The van der Waals surface area contributed by atoms with Gasteiger partial charge in [-0.25, -0.2) is 0 Å². The molecule has 0 saturated heterocycles. The molecular formula is C23H23NO6. The predicted octanol–water partition coefficient (Wildman–Crippen LogP) is 3.77. The molecule has 0 radical (unpaired) electrons. The van der Waals surface area contributed by atoms with E-state index in [-0.39, 0.29) is 17.1 Å². The zero-order chi connectivity index (χ0) is 21.4.